The average molecular weight is 378 g/mol. The van der Waals surface area contributed by atoms with E-state index in [1.807, 2.05) is 14.0 Å². The van der Waals surface area contributed by atoms with Crippen molar-refractivity contribution in [3.63, 3.8) is 0 Å². The maximum absolute atomic E-state index is 13.9. The van der Waals surface area contributed by atoms with E-state index in [0.29, 0.717) is 25.9 Å². The van der Waals surface area contributed by atoms with E-state index in [9.17, 15) is 18.7 Å². The Balaban J connectivity index is 1.64. The molecule has 1 saturated heterocycles. The van der Waals surface area contributed by atoms with Crippen LogP contribution in [-0.2, 0) is 24.9 Å². The number of carbonyl (C=O) groups is 1. The fraction of sp³-hybridized carbons (Fsp3) is 0.474. The van der Waals surface area contributed by atoms with Crippen LogP contribution >= 0.6 is 0 Å². The third-order valence-electron chi connectivity index (χ3n) is 5.17. The summed E-state index contributed by atoms with van der Waals surface area (Å²) in [6.45, 7) is 2.85. The third kappa shape index (κ3) is 4.01. The first-order chi connectivity index (χ1) is 12.8. The first-order valence-electron chi connectivity index (χ1n) is 8.94. The molecule has 6 nitrogen and oxygen atoms in total. The van der Waals surface area contributed by atoms with Crippen LogP contribution in [0.25, 0.3) is 0 Å². The SMILES string of the molecule is Cc1c(CNCC2(O)CCCN(Cc3cccc(F)c3F)C2=O)cnn1C. The molecular weight excluding hydrogens is 354 g/mol. The molecule has 0 spiro atoms. The summed E-state index contributed by atoms with van der Waals surface area (Å²) < 4.78 is 29.1. The summed E-state index contributed by atoms with van der Waals surface area (Å²) in [6, 6.07) is 3.90. The van der Waals surface area contributed by atoms with Crippen molar-refractivity contribution in [2.24, 2.45) is 7.05 Å². The molecule has 1 atom stereocenters. The van der Waals surface area contributed by atoms with Crippen molar-refractivity contribution in [1.29, 1.82) is 0 Å². The van der Waals surface area contributed by atoms with E-state index in [1.165, 1.54) is 17.0 Å². The summed E-state index contributed by atoms with van der Waals surface area (Å²) >= 11 is 0. The van der Waals surface area contributed by atoms with E-state index in [1.54, 1.807) is 10.9 Å². The summed E-state index contributed by atoms with van der Waals surface area (Å²) in [5.41, 5.74) is 0.542. The number of nitrogens with one attached hydrogen (secondary N) is 1. The molecular formula is C19H24F2N4O2. The highest BCUT2D eigenvalue weighted by atomic mass is 19.2. The van der Waals surface area contributed by atoms with Gasteiger partial charge in [-0.05, 0) is 25.8 Å². The van der Waals surface area contributed by atoms with Gasteiger partial charge in [0.05, 0.1) is 6.20 Å². The van der Waals surface area contributed by atoms with Crippen LogP contribution < -0.4 is 5.32 Å². The lowest BCUT2D eigenvalue weighted by atomic mass is 9.91. The van der Waals surface area contributed by atoms with Crippen molar-refractivity contribution in [2.75, 3.05) is 13.1 Å². The molecule has 27 heavy (non-hydrogen) atoms. The number of aryl methyl sites for hydroxylation is 1. The Bertz CT molecular complexity index is 839. The molecule has 1 fully saturated rings. The van der Waals surface area contributed by atoms with Crippen LogP contribution in [0, 0.1) is 18.6 Å². The summed E-state index contributed by atoms with van der Waals surface area (Å²) in [7, 11) is 1.85. The topological polar surface area (TPSA) is 70.4 Å². The quantitative estimate of drug-likeness (QED) is 0.802. The van der Waals surface area contributed by atoms with Gasteiger partial charge in [0.25, 0.3) is 5.91 Å². The molecule has 1 aromatic heterocycles. The zero-order valence-electron chi connectivity index (χ0n) is 15.5. The van der Waals surface area contributed by atoms with Crippen LogP contribution in [0.4, 0.5) is 8.78 Å². The lowest BCUT2D eigenvalue weighted by Gasteiger charge is -2.38. The van der Waals surface area contributed by atoms with E-state index in [0.717, 1.165) is 17.3 Å². The van der Waals surface area contributed by atoms with Crippen molar-refractivity contribution >= 4 is 5.91 Å². The first-order valence-corrected chi connectivity index (χ1v) is 8.94. The van der Waals surface area contributed by atoms with Crippen LogP contribution in [0.15, 0.2) is 24.4 Å². The maximum atomic E-state index is 13.9. The van der Waals surface area contributed by atoms with E-state index in [2.05, 4.69) is 10.4 Å². The van der Waals surface area contributed by atoms with Gasteiger partial charge >= 0.3 is 0 Å². The number of likely N-dealkylation sites (tertiary alicyclic amines) is 1. The molecule has 0 bridgehead atoms. The minimum atomic E-state index is -1.56. The van der Waals surface area contributed by atoms with E-state index in [4.69, 9.17) is 0 Å². The normalized spacial score (nSPS) is 20.3. The predicted molar refractivity (Wildman–Crippen MR) is 95.6 cm³/mol. The van der Waals surface area contributed by atoms with Gasteiger partial charge in [0.2, 0.25) is 0 Å². The molecule has 1 amide bonds. The molecule has 146 valence electrons. The number of hydrogen-bond donors (Lipinski definition) is 2. The fourth-order valence-electron chi connectivity index (χ4n) is 3.38. The van der Waals surface area contributed by atoms with Gasteiger partial charge in [0.1, 0.15) is 0 Å². The summed E-state index contributed by atoms with van der Waals surface area (Å²) in [5.74, 6) is -2.36. The van der Waals surface area contributed by atoms with Crippen LogP contribution in [-0.4, -0.2) is 44.4 Å². The highest BCUT2D eigenvalue weighted by Gasteiger charge is 2.42. The number of halogens is 2. The highest BCUT2D eigenvalue weighted by molar-refractivity contribution is 5.86. The van der Waals surface area contributed by atoms with Crippen LogP contribution in [0.5, 0.6) is 0 Å². The number of aromatic nitrogens is 2. The molecule has 8 heteroatoms. The Morgan fingerprint density at radius 1 is 1.33 bits per heavy atom. The smallest absolute Gasteiger partial charge is 0.256 e. The second-order valence-electron chi connectivity index (χ2n) is 7.06. The van der Waals surface area contributed by atoms with Gasteiger partial charge in [-0.25, -0.2) is 8.78 Å². The van der Waals surface area contributed by atoms with Crippen LogP contribution in [0.2, 0.25) is 0 Å². The Morgan fingerprint density at radius 2 is 2.11 bits per heavy atom. The van der Waals surface area contributed by atoms with Gasteiger partial charge in [-0.3, -0.25) is 9.48 Å². The van der Waals surface area contributed by atoms with Crippen molar-refractivity contribution < 1.29 is 18.7 Å². The summed E-state index contributed by atoms with van der Waals surface area (Å²) in [5, 5.41) is 18.1. The number of rotatable bonds is 6. The average Bonchev–Trinajstić information content (AvgIpc) is 2.95. The van der Waals surface area contributed by atoms with E-state index >= 15 is 0 Å². The Labute approximate surface area is 156 Å². The van der Waals surface area contributed by atoms with Gasteiger partial charge in [-0.1, -0.05) is 12.1 Å². The van der Waals surface area contributed by atoms with Crippen LogP contribution in [0.3, 0.4) is 0 Å². The molecule has 3 rings (SSSR count). The summed E-state index contributed by atoms with van der Waals surface area (Å²) in [4.78, 5) is 14.2. The molecule has 1 aliphatic rings. The molecule has 1 aromatic carbocycles. The van der Waals surface area contributed by atoms with Gasteiger partial charge < -0.3 is 15.3 Å². The molecule has 0 saturated carbocycles. The zero-order valence-corrected chi connectivity index (χ0v) is 15.5. The predicted octanol–water partition coefficient (Wildman–Crippen LogP) is 1.65. The molecule has 2 aromatic rings. The third-order valence-corrected chi connectivity index (χ3v) is 5.17. The molecule has 1 aliphatic heterocycles. The molecule has 0 aliphatic carbocycles. The zero-order chi connectivity index (χ0) is 19.6. The number of amides is 1. The van der Waals surface area contributed by atoms with Gasteiger partial charge in [0.15, 0.2) is 17.2 Å². The monoisotopic (exact) mass is 378 g/mol. The fourth-order valence-corrected chi connectivity index (χ4v) is 3.38. The van der Waals surface area contributed by atoms with Crippen molar-refractivity contribution in [3.05, 3.63) is 52.9 Å². The molecule has 1 unspecified atom stereocenters. The minimum Gasteiger partial charge on any atom is -0.379 e. The number of nitrogens with zero attached hydrogens (tertiary/aromatic N) is 3. The number of benzene rings is 1. The van der Waals surface area contributed by atoms with Gasteiger partial charge in [-0.2, -0.15) is 5.10 Å². The van der Waals surface area contributed by atoms with Crippen molar-refractivity contribution in [2.45, 2.75) is 38.5 Å². The van der Waals surface area contributed by atoms with Crippen molar-refractivity contribution in [1.82, 2.24) is 20.0 Å². The van der Waals surface area contributed by atoms with Gasteiger partial charge in [-0.15, -0.1) is 0 Å². The summed E-state index contributed by atoms with van der Waals surface area (Å²) in [6.07, 6.45) is 2.66. The minimum absolute atomic E-state index is 0.0630. The first kappa shape index (κ1) is 19.4. The largest absolute Gasteiger partial charge is 0.379 e. The standard InChI is InChI=1S/C19H24F2N4O2/c1-13-15(10-23-24(13)2)9-22-12-19(27)7-4-8-25(18(19)26)11-14-5-3-6-16(20)17(14)21/h3,5-6,10,22,27H,4,7-9,11-12H2,1-2H3. The second-order valence-corrected chi connectivity index (χ2v) is 7.06. The van der Waals surface area contributed by atoms with Crippen LogP contribution in [0.1, 0.15) is 29.7 Å². The van der Waals surface area contributed by atoms with Gasteiger partial charge in [0, 0.05) is 50.0 Å². The lowest BCUT2D eigenvalue weighted by molar-refractivity contribution is -0.157. The number of carbonyl (C=O) groups excluding carboxylic acids is 1. The lowest BCUT2D eigenvalue weighted by Crippen LogP contribution is -2.57. The highest BCUT2D eigenvalue weighted by Crippen LogP contribution is 2.25. The Hall–Kier alpha value is -2.32. The van der Waals surface area contributed by atoms with E-state index in [-0.39, 0.29) is 18.7 Å². The van der Waals surface area contributed by atoms with Crippen molar-refractivity contribution in [3.8, 4) is 0 Å². The molecule has 0 radical (unpaired) electrons. The number of piperidine rings is 1. The number of aliphatic hydroxyl groups is 1. The Morgan fingerprint density at radius 3 is 2.81 bits per heavy atom. The number of hydrogen-bond acceptors (Lipinski definition) is 4. The molecule has 2 N–H and O–H groups in total. The molecule has 2 heterocycles. The van der Waals surface area contributed by atoms with E-state index < -0.39 is 23.1 Å². The second kappa shape index (κ2) is 7.74. The maximum Gasteiger partial charge on any atom is 0.256 e. The Kier molecular flexibility index (Phi) is 5.57.